The summed E-state index contributed by atoms with van der Waals surface area (Å²) < 4.78 is 21.2. The third kappa shape index (κ3) is 9.27. The molecule has 2 N–H and O–H groups in total. The van der Waals surface area contributed by atoms with Gasteiger partial charge in [0.25, 0.3) is 11.8 Å². The number of methoxy groups -OCH3 is 4. The van der Waals surface area contributed by atoms with E-state index >= 15 is 0 Å². The van der Waals surface area contributed by atoms with Crippen LogP contribution in [-0.2, 0) is 19.2 Å². The summed E-state index contributed by atoms with van der Waals surface area (Å²) in [6.45, 7) is 2.44. The number of para-hydroxylation sites is 2. The summed E-state index contributed by atoms with van der Waals surface area (Å²) in [7, 11) is 5.77. The number of amides is 2. The van der Waals surface area contributed by atoms with Crippen molar-refractivity contribution in [1.82, 2.24) is 0 Å². The first kappa shape index (κ1) is 38.9. The van der Waals surface area contributed by atoms with Crippen molar-refractivity contribution in [2.45, 2.75) is 25.9 Å². The van der Waals surface area contributed by atoms with Crippen molar-refractivity contribution in [1.29, 1.82) is 0 Å². The van der Waals surface area contributed by atoms with Gasteiger partial charge in [0.1, 0.15) is 11.4 Å². The van der Waals surface area contributed by atoms with E-state index in [0.29, 0.717) is 22.6 Å². The first-order chi connectivity index (χ1) is 24.9. The Labute approximate surface area is 309 Å². The fraction of sp³-hybridized carbons (Fsp3) is 0.222. The molecule has 4 aromatic carbocycles. The van der Waals surface area contributed by atoms with Crippen molar-refractivity contribution in [3.63, 3.8) is 0 Å². The van der Waals surface area contributed by atoms with E-state index in [2.05, 4.69) is 31.1 Å². The normalized spacial score (nSPS) is 12.2. The van der Waals surface area contributed by atoms with E-state index in [4.69, 9.17) is 42.1 Å². The van der Waals surface area contributed by atoms with E-state index < -0.39 is 35.5 Å². The van der Waals surface area contributed by atoms with Gasteiger partial charge in [-0.05, 0) is 73.5 Å². The van der Waals surface area contributed by atoms with E-state index in [0.717, 1.165) is 0 Å². The van der Waals surface area contributed by atoms with Gasteiger partial charge in [0.15, 0.2) is 34.6 Å². The van der Waals surface area contributed by atoms with Gasteiger partial charge in [-0.1, -0.05) is 47.5 Å². The second-order valence-electron chi connectivity index (χ2n) is 10.9. The fourth-order valence-electron chi connectivity index (χ4n) is 4.78. The molecular formula is C36H34Cl2N6O8. The van der Waals surface area contributed by atoms with Crippen molar-refractivity contribution in [3.05, 3.63) is 82.8 Å². The first-order valence-corrected chi connectivity index (χ1v) is 16.1. The number of ether oxygens (including phenoxy) is 4. The van der Waals surface area contributed by atoms with Gasteiger partial charge < -0.3 is 29.6 Å². The van der Waals surface area contributed by atoms with E-state index in [1.165, 1.54) is 42.3 Å². The van der Waals surface area contributed by atoms with Gasteiger partial charge in [0, 0.05) is 0 Å². The minimum atomic E-state index is -1.47. The number of azo groups is 2. The van der Waals surface area contributed by atoms with Crippen LogP contribution in [-0.4, -0.2) is 63.9 Å². The Morgan fingerprint density at radius 2 is 0.962 bits per heavy atom. The van der Waals surface area contributed by atoms with Crippen LogP contribution in [0.3, 0.4) is 0 Å². The number of nitrogens with one attached hydrogen (secondary N) is 2. The number of carbonyl (C=O) groups is 4. The van der Waals surface area contributed by atoms with E-state index in [1.54, 1.807) is 72.8 Å². The van der Waals surface area contributed by atoms with Gasteiger partial charge in [0.2, 0.25) is 12.1 Å². The van der Waals surface area contributed by atoms with Gasteiger partial charge in [-0.2, -0.15) is 20.5 Å². The zero-order valence-corrected chi connectivity index (χ0v) is 30.4. The predicted octanol–water partition coefficient (Wildman–Crippen LogP) is 8.05. The molecule has 0 saturated carbocycles. The number of carbonyl (C=O) groups excluding carboxylic acids is 4. The van der Waals surface area contributed by atoms with Crippen molar-refractivity contribution >= 4 is 69.3 Å². The molecule has 2 atom stereocenters. The second-order valence-corrected chi connectivity index (χ2v) is 11.7. The lowest BCUT2D eigenvalue weighted by Gasteiger charge is -2.15. The zero-order valence-electron chi connectivity index (χ0n) is 28.9. The molecule has 0 aliphatic rings. The molecule has 0 spiro atoms. The maximum absolute atomic E-state index is 13.0. The smallest absolute Gasteiger partial charge is 0.258 e. The average Bonchev–Trinajstić information content (AvgIpc) is 3.12. The molecule has 14 nitrogen and oxygen atoms in total. The quantitative estimate of drug-likeness (QED) is 0.0905. The molecule has 0 aromatic heterocycles. The predicted molar refractivity (Wildman–Crippen MR) is 196 cm³/mol. The minimum Gasteiger partial charge on any atom is -0.493 e. The first-order valence-electron chi connectivity index (χ1n) is 15.4. The van der Waals surface area contributed by atoms with E-state index in [1.807, 2.05) is 0 Å². The van der Waals surface area contributed by atoms with Crippen molar-refractivity contribution in [2.24, 2.45) is 20.5 Å². The number of anilines is 2. The number of ketones is 2. The summed E-state index contributed by atoms with van der Waals surface area (Å²) in [6.07, 6.45) is 0. The molecule has 0 saturated heterocycles. The van der Waals surface area contributed by atoms with E-state index in [9.17, 15) is 19.2 Å². The summed E-state index contributed by atoms with van der Waals surface area (Å²) in [6, 6.07) is 16.6. The van der Waals surface area contributed by atoms with Gasteiger partial charge in [-0.15, -0.1) is 0 Å². The standard InChI is InChI=1S/C36H34Cl2N6O8/c1-19(45)31(35(47)39-27-9-7-11-29(49-3)33(27)51-5)43-41-25-15-13-21(17-23(25)37)22-14-16-26(24(38)18-22)42-44-32(20(2)46)36(48)40-28-10-8-12-30(50-4)34(28)52-6/h7-18,31-32H,1-6H3,(H,39,47)(H,40,48). The highest BCUT2D eigenvalue weighted by molar-refractivity contribution is 6.34. The largest absolute Gasteiger partial charge is 0.493 e. The monoisotopic (exact) mass is 748 g/mol. The molecule has 0 aliphatic heterocycles. The number of halogens is 2. The Morgan fingerprint density at radius 3 is 1.27 bits per heavy atom. The number of nitrogens with zero attached hydrogens (tertiary/aromatic N) is 4. The molecule has 52 heavy (non-hydrogen) atoms. The molecule has 16 heteroatoms. The van der Waals surface area contributed by atoms with Crippen LogP contribution >= 0.6 is 23.2 Å². The number of benzene rings is 4. The third-order valence-corrected chi connectivity index (χ3v) is 7.98. The molecule has 0 bridgehead atoms. The Hall–Kier alpha value is -5.86. The SMILES string of the molecule is COc1cccc(NC(=O)C(N=Nc2ccc(-c3ccc(N=NC(C(C)=O)C(=O)Nc4cccc(OC)c4OC)c(Cl)c3)cc2Cl)C(C)=O)c1OC. The van der Waals surface area contributed by atoms with Gasteiger partial charge in [-0.25, -0.2) is 0 Å². The summed E-state index contributed by atoms with van der Waals surface area (Å²) >= 11 is 13.0. The van der Waals surface area contributed by atoms with Crippen LogP contribution in [0.15, 0.2) is 93.3 Å². The van der Waals surface area contributed by atoms with Crippen LogP contribution in [0.4, 0.5) is 22.7 Å². The number of hydrogen-bond donors (Lipinski definition) is 2. The summed E-state index contributed by atoms with van der Waals surface area (Å²) in [5.74, 6) is -1.21. The van der Waals surface area contributed by atoms with E-state index in [-0.39, 0.29) is 44.3 Å². The van der Waals surface area contributed by atoms with Crippen molar-refractivity contribution < 1.29 is 38.1 Å². The average molecular weight is 750 g/mol. The van der Waals surface area contributed by atoms with Crippen LogP contribution in [0.2, 0.25) is 10.0 Å². The van der Waals surface area contributed by atoms with Gasteiger partial charge in [-0.3, -0.25) is 19.2 Å². The molecule has 0 radical (unpaired) electrons. The summed E-state index contributed by atoms with van der Waals surface area (Å²) in [5.41, 5.74) is 2.29. The topological polar surface area (TPSA) is 179 Å². The maximum atomic E-state index is 13.0. The number of rotatable bonds is 15. The van der Waals surface area contributed by atoms with Crippen LogP contribution in [0.25, 0.3) is 11.1 Å². The Morgan fingerprint density at radius 1 is 0.577 bits per heavy atom. The fourth-order valence-corrected chi connectivity index (χ4v) is 5.22. The van der Waals surface area contributed by atoms with Gasteiger partial charge >= 0.3 is 0 Å². The molecule has 4 rings (SSSR count). The second kappa shape index (κ2) is 17.9. The third-order valence-electron chi connectivity index (χ3n) is 7.38. The van der Waals surface area contributed by atoms with Gasteiger partial charge in [0.05, 0.1) is 49.9 Å². The molecule has 4 aromatic rings. The van der Waals surface area contributed by atoms with Crippen LogP contribution in [0.5, 0.6) is 23.0 Å². The highest BCUT2D eigenvalue weighted by Crippen LogP contribution is 2.37. The molecule has 270 valence electrons. The maximum Gasteiger partial charge on any atom is 0.258 e. The summed E-state index contributed by atoms with van der Waals surface area (Å²) in [4.78, 5) is 50.7. The molecule has 0 fully saturated rings. The molecule has 2 amide bonds. The summed E-state index contributed by atoms with van der Waals surface area (Å²) in [5, 5.41) is 21.7. The van der Waals surface area contributed by atoms with Crippen LogP contribution in [0.1, 0.15) is 13.8 Å². The number of Topliss-reactive ketones (excluding diaryl/α,β-unsaturated/α-hetero) is 2. The molecule has 0 aliphatic carbocycles. The molecular weight excluding hydrogens is 715 g/mol. The Bertz CT molecular complexity index is 1910. The van der Waals surface area contributed by atoms with Crippen LogP contribution < -0.4 is 29.6 Å². The van der Waals surface area contributed by atoms with Crippen molar-refractivity contribution in [2.75, 3.05) is 39.1 Å². The molecule has 2 unspecified atom stereocenters. The Kier molecular flexibility index (Phi) is 13.4. The van der Waals surface area contributed by atoms with Crippen LogP contribution in [0, 0.1) is 0 Å². The Balaban J connectivity index is 1.49. The van der Waals surface area contributed by atoms with Crippen molar-refractivity contribution in [3.8, 4) is 34.1 Å². The highest BCUT2D eigenvalue weighted by Gasteiger charge is 2.26. The molecule has 0 heterocycles. The highest BCUT2D eigenvalue weighted by atomic mass is 35.5. The minimum absolute atomic E-state index is 0.182. The lowest BCUT2D eigenvalue weighted by molar-refractivity contribution is -0.127. The lowest BCUT2D eigenvalue weighted by atomic mass is 10.0. The zero-order chi connectivity index (χ0) is 37.9. The number of hydrogen-bond acceptors (Lipinski definition) is 12. The lowest BCUT2D eigenvalue weighted by Crippen LogP contribution is -2.32.